The molecule has 1 amide bonds. The topological polar surface area (TPSA) is 41.6 Å². The third kappa shape index (κ3) is 4.52. The van der Waals surface area contributed by atoms with Gasteiger partial charge in [-0.25, -0.2) is 0 Å². The van der Waals surface area contributed by atoms with Crippen LogP contribution in [0.5, 0.6) is 5.75 Å². The maximum Gasteiger partial charge on any atom is 0.238 e. The number of anilines is 1. The minimum absolute atomic E-state index is 0.0408. The Hall–Kier alpha value is -1.60. The van der Waals surface area contributed by atoms with E-state index in [9.17, 15) is 4.79 Å². The zero-order valence-corrected chi connectivity index (χ0v) is 16.7. The number of methoxy groups -OCH3 is 1. The van der Waals surface area contributed by atoms with Crippen molar-refractivity contribution >= 4 is 34.2 Å². The molecule has 1 atom stereocenters. The molecule has 3 rings (SSSR count). The standard InChI is InChI=1S/C20H23IN2O2/c1-14-11-16(21)8-9-18(14)22-20(24)13-23-10-4-7-19(23)15-5-3-6-17(12-15)25-2/h3,5-6,8-9,11-12,19H,4,7,10,13H2,1-2H3,(H,22,24). The van der Waals surface area contributed by atoms with Crippen molar-refractivity contribution in [1.29, 1.82) is 0 Å². The van der Waals surface area contributed by atoms with Gasteiger partial charge in [-0.15, -0.1) is 0 Å². The average Bonchev–Trinajstić information content (AvgIpc) is 3.05. The van der Waals surface area contributed by atoms with E-state index in [4.69, 9.17) is 4.74 Å². The summed E-state index contributed by atoms with van der Waals surface area (Å²) in [6, 6.07) is 14.5. The number of nitrogens with one attached hydrogen (secondary N) is 1. The summed E-state index contributed by atoms with van der Waals surface area (Å²) in [5.74, 6) is 0.905. The Bertz CT molecular complexity index is 763. The second kappa shape index (κ2) is 8.19. The molecule has 0 aliphatic carbocycles. The van der Waals surface area contributed by atoms with Crippen LogP contribution in [0.15, 0.2) is 42.5 Å². The lowest BCUT2D eigenvalue weighted by Crippen LogP contribution is -2.33. The van der Waals surface area contributed by atoms with Gasteiger partial charge in [0.25, 0.3) is 0 Å². The van der Waals surface area contributed by atoms with E-state index in [1.807, 2.05) is 31.2 Å². The number of amides is 1. The Morgan fingerprint density at radius 3 is 2.92 bits per heavy atom. The Morgan fingerprint density at radius 2 is 2.16 bits per heavy atom. The largest absolute Gasteiger partial charge is 0.497 e. The molecule has 0 bridgehead atoms. The number of hydrogen-bond acceptors (Lipinski definition) is 3. The molecule has 25 heavy (non-hydrogen) atoms. The Kier molecular flexibility index (Phi) is 5.96. The molecule has 1 aliphatic rings. The van der Waals surface area contributed by atoms with Gasteiger partial charge in [-0.05, 0) is 90.4 Å². The number of hydrogen-bond donors (Lipinski definition) is 1. The van der Waals surface area contributed by atoms with Gasteiger partial charge in [0.1, 0.15) is 5.75 Å². The minimum atomic E-state index is 0.0408. The summed E-state index contributed by atoms with van der Waals surface area (Å²) in [4.78, 5) is 14.8. The fourth-order valence-corrected chi connectivity index (χ4v) is 4.03. The van der Waals surface area contributed by atoms with Crippen LogP contribution in [0, 0.1) is 10.5 Å². The predicted octanol–water partition coefficient (Wildman–Crippen LogP) is 4.38. The number of nitrogens with zero attached hydrogens (tertiary/aromatic N) is 1. The Balaban J connectivity index is 1.67. The molecule has 1 fully saturated rings. The van der Waals surface area contributed by atoms with Gasteiger partial charge in [0.15, 0.2) is 0 Å². The zero-order chi connectivity index (χ0) is 17.8. The molecular formula is C20H23IN2O2. The molecule has 132 valence electrons. The highest BCUT2D eigenvalue weighted by atomic mass is 127. The van der Waals surface area contributed by atoms with E-state index < -0.39 is 0 Å². The van der Waals surface area contributed by atoms with Crippen LogP contribution >= 0.6 is 22.6 Å². The Morgan fingerprint density at radius 1 is 1.32 bits per heavy atom. The number of halogens is 1. The summed E-state index contributed by atoms with van der Waals surface area (Å²) in [5, 5.41) is 3.05. The second-order valence-electron chi connectivity index (χ2n) is 6.41. The van der Waals surface area contributed by atoms with Crippen LogP contribution < -0.4 is 10.1 Å². The van der Waals surface area contributed by atoms with Gasteiger partial charge >= 0.3 is 0 Å². The molecule has 4 nitrogen and oxygen atoms in total. The molecule has 1 saturated heterocycles. The molecule has 1 N–H and O–H groups in total. The van der Waals surface area contributed by atoms with Crippen molar-refractivity contribution in [1.82, 2.24) is 4.90 Å². The first kappa shape index (κ1) is 18.2. The monoisotopic (exact) mass is 450 g/mol. The van der Waals surface area contributed by atoms with E-state index in [0.717, 1.165) is 36.4 Å². The minimum Gasteiger partial charge on any atom is -0.497 e. The van der Waals surface area contributed by atoms with E-state index in [1.165, 1.54) is 9.13 Å². The fourth-order valence-electron chi connectivity index (χ4n) is 3.38. The first-order chi connectivity index (χ1) is 12.1. The van der Waals surface area contributed by atoms with Crippen molar-refractivity contribution in [2.45, 2.75) is 25.8 Å². The smallest absolute Gasteiger partial charge is 0.238 e. The fraction of sp³-hybridized carbons (Fsp3) is 0.350. The van der Waals surface area contributed by atoms with E-state index in [0.29, 0.717) is 6.54 Å². The number of likely N-dealkylation sites (tertiary alicyclic amines) is 1. The van der Waals surface area contributed by atoms with Crippen LogP contribution in [0.2, 0.25) is 0 Å². The van der Waals surface area contributed by atoms with Crippen LogP contribution in [0.3, 0.4) is 0 Å². The lowest BCUT2D eigenvalue weighted by molar-refractivity contribution is -0.117. The second-order valence-corrected chi connectivity index (χ2v) is 7.66. The number of carbonyl (C=O) groups is 1. The molecule has 0 radical (unpaired) electrons. The van der Waals surface area contributed by atoms with Crippen molar-refractivity contribution in [3.05, 3.63) is 57.2 Å². The molecule has 0 saturated carbocycles. The highest BCUT2D eigenvalue weighted by Crippen LogP contribution is 2.33. The van der Waals surface area contributed by atoms with Gasteiger partial charge in [-0.2, -0.15) is 0 Å². The van der Waals surface area contributed by atoms with Gasteiger partial charge in [0.2, 0.25) is 5.91 Å². The molecule has 1 aliphatic heterocycles. The van der Waals surface area contributed by atoms with Gasteiger partial charge < -0.3 is 10.1 Å². The average molecular weight is 450 g/mol. The van der Waals surface area contributed by atoms with Crippen molar-refractivity contribution in [2.24, 2.45) is 0 Å². The predicted molar refractivity (Wildman–Crippen MR) is 109 cm³/mol. The molecule has 0 spiro atoms. The van der Waals surface area contributed by atoms with Gasteiger partial charge in [0.05, 0.1) is 13.7 Å². The molecule has 2 aromatic carbocycles. The molecule has 2 aromatic rings. The first-order valence-corrected chi connectivity index (χ1v) is 9.58. The zero-order valence-electron chi connectivity index (χ0n) is 14.6. The van der Waals surface area contributed by atoms with E-state index in [-0.39, 0.29) is 11.9 Å². The lowest BCUT2D eigenvalue weighted by atomic mass is 10.0. The summed E-state index contributed by atoms with van der Waals surface area (Å²) >= 11 is 2.28. The van der Waals surface area contributed by atoms with Crippen molar-refractivity contribution < 1.29 is 9.53 Å². The number of ether oxygens (including phenoxy) is 1. The molecule has 0 aromatic heterocycles. The molecule has 1 heterocycles. The van der Waals surface area contributed by atoms with Gasteiger partial charge in [-0.3, -0.25) is 9.69 Å². The first-order valence-electron chi connectivity index (χ1n) is 8.51. The summed E-state index contributed by atoms with van der Waals surface area (Å²) in [7, 11) is 1.68. The maximum atomic E-state index is 12.5. The quantitative estimate of drug-likeness (QED) is 0.688. The summed E-state index contributed by atoms with van der Waals surface area (Å²) < 4.78 is 6.51. The van der Waals surface area contributed by atoms with Crippen molar-refractivity contribution in [3.63, 3.8) is 0 Å². The van der Waals surface area contributed by atoms with Crippen molar-refractivity contribution in [3.8, 4) is 5.75 Å². The van der Waals surface area contributed by atoms with E-state index >= 15 is 0 Å². The van der Waals surface area contributed by atoms with Gasteiger partial charge in [0, 0.05) is 15.3 Å². The third-order valence-electron chi connectivity index (χ3n) is 4.65. The number of aryl methyl sites for hydroxylation is 1. The molecule has 5 heteroatoms. The molecular weight excluding hydrogens is 427 g/mol. The summed E-state index contributed by atoms with van der Waals surface area (Å²) in [5.41, 5.74) is 3.20. The van der Waals surface area contributed by atoms with Crippen LogP contribution in [0.1, 0.15) is 30.0 Å². The number of rotatable bonds is 5. The highest BCUT2D eigenvalue weighted by Gasteiger charge is 2.27. The Labute approximate surface area is 162 Å². The SMILES string of the molecule is COc1cccc(C2CCCN2CC(=O)Nc2ccc(I)cc2C)c1. The third-order valence-corrected chi connectivity index (χ3v) is 5.32. The molecule has 1 unspecified atom stereocenters. The summed E-state index contributed by atoms with van der Waals surface area (Å²) in [6.07, 6.45) is 2.18. The number of benzene rings is 2. The maximum absolute atomic E-state index is 12.5. The normalized spacial score (nSPS) is 17.5. The van der Waals surface area contributed by atoms with E-state index in [1.54, 1.807) is 7.11 Å². The van der Waals surface area contributed by atoms with Gasteiger partial charge in [-0.1, -0.05) is 12.1 Å². The highest BCUT2D eigenvalue weighted by molar-refractivity contribution is 14.1. The van der Waals surface area contributed by atoms with Crippen molar-refractivity contribution in [2.75, 3.05) is 25.5 Å². The lowest BCUT2D eigenvalue weighted by Gasteiger charge is -2.24. The van der Waals surface area contributed by atoms with Crippen LogP contribution in [-0.2, 0) is 4.79 Å². The van der Waals surface area contributed by atoms with Crippen LogP contribution in [0.4, 0.5) is 5.69 Å². The van der Waals surface area contributed by atoms with E-state index in [2.05, 4.69) is 51.0 Å². The number of carbonyl (C=O) groups excluding carboxylic acids is 1. The summed E-state index contributed by atoms with van der Waals surface area (Å²) in [6.45, 7) is 3.38. The van der Waals surface area contributed by atoms with Crippen LogP contribution in [0.25, 0.3) is 0 Å². The van der Waals surface area contributed by atoms with Crippen LogP contribution in [-0.4, -0.2) is 31.0 Å².